The molecule has 1 fully saturated rings. The zero-order valence-corrected chi connectivity index (χ0v) is 11.2. The van der Waals surface area contributed by atoms with Crippen molar-refractivity contribution in [1.29, 1.82) is 0 Å². The van der Waals surface area contributed by atoms with Gasteiger partial charge in [0.1, 0.15) is 0 Å². The molecule has 1 aliphatic carbocycles. The van der Waals surface area contributed by atoms with Crippen molar-refractivity contribution in [3.8, 4) is 0 Å². The van der Waals surface area contributed by atoms with Gasteiger partial charge in [0.2, 0.25) is 0 Å². The first-order valence-corrected chi connectivity index (χ1v) is 7.47. The molecule has 0 spiro atoms. The van der Waals surface area contributed by atoms with Crippen LogP contribution in [0.3, 0.4) is 0 Å². The molecule has 1 aromatic carbocycles. The lowest BCUT2D eigenvalue weighted by Gasteiger charge is -2.21. The maximum absolute atomic E-state index is 12.3. The smallest absolute Gasteiger partial charge is 0.251 e. The van der Waals surface area contributed by atoms with Crippen molar-refractivity contribution in [2.24, 2.45) is 5.92 Å². The van der Waals surface area contributed by atoms with E-state index in [2.05, 4.69) is 22.8 Å². The lowest BCUT2D eigenvalue weighted by molar-refractivity contribution is 0.0952. The van der Waals surface area contributed by atoms with E-state index in [9.17, 15) is 4.79 Å². The van der Waals surface area contributed by atoms with Gasteiger partial charge >= 0.3 is 0 Å². The van der Waals surface area contributed by atoms with Crippen LogP contribution in [0.1, 0.15) is 45.8 Å². The number of rotatable bonds is 0. The molecule has 1 saturated heterocycles. The van der Waals surface area contributed by atoms with Crippen molar-refractivity contribution in [2.75, 3.05) is 19.6 Å². The fourth-order valence-electron chi connectivity index (χ4n) is 3.94. The third-order valence-electron chi connectivity index (χ3n) is 5.02. The van der Waals surface area contributed by atoms with E-state index in [1.807, 2.05) is 0 Å². The quantitative estimate of drug-likeness (QED) is 0.740. The van der Waals surface area contributed by atoms with Gasteiger partial charge in [-0.3, -0.25) is 4.79 Å². The third kappa shape index (κ3) is 1.79. The Morgan fingerprint density at radius 2 is 1.79 bits per heavy atom. The average molecular weight is 256 g/mol. The van der Waals surface area contributed by atoms with Gasteiger partial charge in [-0.15, -0.1) is 0 Å². The second-order valence-electron chi connectivity index (χ2n) is 6.15. The van der Waals surface area contributed by atoms with Crippen molar-refractivity contribution in [3.63, 3.8) is 0 Å². The van der Waals surface area contributed by atoms with E-state index in [-0.39, 0.29) is 5.91 Å². The highest BCUT2D eigenvalue weighted by Gasteiger charge is 2.34. The van der Waals surface area contributed by atoms with Crippen LogP contribution in [0, 0.1) is 5.92 Å². The number of amides is 1. The van der Waals surface area contributed by atoms with Crippen LogP contribution in [0.25, 0.3) is 0 Å². The molecule has 0 unspecified atom stereocenters. The number of carbonyl (C=O) groups excluding carboxylic acids is 1. The molecular formula is C16H20N2O. The van der Waals surface area contributed by atoms with Crippen molar-refractivity contribution in [2.45, 2.75) is 31.6 Å². The zero-order valence-electron chi connectivity index (χ0n) is 11.2. The number of fused-ring (bicyclic) bond motifs is 4. The maximum atomic E-state index is 12.3. The monoisotopic (exact) mass is 256 g/mol. The number of nitrogens with one attached hydrogen (secondary N) is 2. The molecule has 1 aromatic rings. The third-order valence-corrected chi connectivity index (χ3v) is 5.02. The summed E-state index contributed by atoms with van der Waals surface area (Å²) in [6, 6.07) is 4.53. The number of benzene rings is 1. The van der Waals surface area contributed by atoms with E-state index >= 15 is 0 Å². The van der Waals surface area contributed by atoms with Crippen LogP contribution in [0.4, 0.5) is 0 Å². The lowest BCUT2D eigenvalue weighted by Crippen LogP contribution is -2.28. The van der Waals surface area contributed by atoms with Crippen molar-refractivity contribution >= 4 is 5.91 Å². The van der Waals surface area contributed by atoms with E-state index in [1.54, 1.807) is 0 Å². The molecule has 3 nitrogen and oxygen atoms in total. The Morgan fingerprint density at radius 1 is 1.00 bits per heavy atom. The average Bonchev–Trinajstić information content (AvgIpc) is 2.87. The summed E-state index contributed by atoms with van der Waals surface area (Å²) >= 11 is 0. The summed E-state index contributed by atoms with van der Waals surface area (Å²) in [6.45, 7) is 2.86. The SMILES string of the molecule is O=C1NC[C@H]2CNC[C@@H]2c2cc3c(cc21)CCCC3. The van der Waals surface area contributed by atoms with Crippen molar-refractivity contribution in [3.05, 3.63) is 34.4 Å². The summed E-state index contributed by atoms with van der Waals surface area (Å²) in [7, 11) is 0. The van der Waals surface area contributed by atoms with Crippen molar-refractivity contribution < 1.29 is 4.79 Å². The second-order valence-corrected chi connectivity index (χ2v) is 6.15. The topological polar surface area (TPSA) is 41.1 Å². The minimum atomic E-state index is 0.137. The van der Waals surface area contributed by atoms with Crippen LogP contribution in [0.2, 0.25) is 0 Å². The summed E-state index contributed by atoms with van der Waals surface area (Å²) in [6.07, 6.45) is 4.89. The fraction of sp³-hybridized carbons (Fsp3) is 0.562. The molecule has 0 aromatic heterocycles. The highest BCUT2D eigenvalue weighted by atomic mass is 16.1. The first-order chi connectivity index (χ1) is 9.33. The Morgan fingerprint density at radius 3 is 2.63 bits per heavy atom. The molecule has 100 valence electrons. The van der Waals surface area contributed by atoms with Gasteiger partial charge in [0.05, 0.1) is 0 Å². The summed E-state index contributed by atoms with van der Waals surface area (Å²) in [4.78, 5) is 12.3. The normalized spacial score (nSPS) is 28.9. The van der Waals surface area contributed by atoms with E-state index < -0.39 is 0 Å². The van der Waals surface area contributed by atoms with Crippen LogP contribution in [-0.4, -0.2) is 25.5 Å². The molecule has 0 saturated carbocycles. The molecule has 2 heterocycles. The van der Waals surface area contributed by atoms with Crippen LogP contribution in [0.15, 0.2) is 12.1 Å². The maximum Gasteiger partial charge on any atom is 0.251 e. The van der Waals surface area contributed by atoms with Crippen LogP contribution in [0.5, 0.6) is 0 Å². The van der Waals surface area contributed by atoms with E-state index in [0.717, 1.165) is 31.6 Å². The van der Waals surface area contributed by atoms with Crippen molar-refractivity contribution in [1.82, 2.24) is 10.6 Å². The Labute approximate surface area is 113 Å². The van der Waals surface area contributed by atoms with Gasteiger partial charge in [-0.2, -0.15) is 0 Å². The largest absolute Gasteiger partial charge is 0.352 e. The Balaban J connectivity index is 1.86. The molecule has 4 rings (SSSR count). The number of carbonyl (C=O) groups is 1. The molecular weight excluding hydrogens is 236 g/mol. The van der Waals surface area contributed by atoms with Gasteiger partial charge in [0.25, 0.3) is 5.91 Å². The zero-order chi connectivity index (χ0) is 12.8. The molecule has 0 radical (unpaired) electrons. The molecule has 2 atom stereocenters. The first kappa shape index (κ1) is 11.5. The number of hydrogen-bond donors (Lipinski definition) is 2. The molecule has 2 N–H and O–H groups in total. The summed E-state index contributed by atoms with van der Waals surface area (Å²) in [5, 5.41) is 6.58. The molecule has 3 aliphatic rings. The minimum absolute atomic E-state index is 0.137. The molecule has 2 aliphatic heterocycles. The van der Waals surface area contributed by atoms with E-state index in [1.165, 1.54) is 36.0 Å². The molecule has 3 heteroatoms. The minimum Gasteiger partial charge on any atom is -0.352 e. The Kier molecular flexibility index (Phi) is 2.62. The highest BCUT2D eigenvalue weighted by molar-refractivity contribution is 5.96. The highest BCUT2D eigenvalue weighted by Crippen LogP contribution is 2.35. The van der Waals surface area contributed by atoms with Crippen LogP contribution < -0.4 is 10.6 Å². The summed E-state index contributed by atoms with van der Waals surface area (Å²) < 4.78 is 0. The van der Waals surface area contributed by atoms with Crippen LogP contribution >= 0.6 is 0 Å². The number of hydrogen-bond acceptors (Lipinski definition) is 2. The summed E-state index contributed by atoms with van der Waals surface area (Å²) in [5.74, 6) is 1.21. The van der Waals surface area contributed by atoms with E-state index in [0.29, 0.717) is 11.8 Å². The molecule has 0 bridgehead atoms. The van der Waals surface area contributed by atoms with Gasteiger partial charge in [0, 0.05) is 31.1 Å². The molecule has 1 amide bonds. The van der Waals surface area contributed by atoms with E-state index in [4.69, 9.17) is 0 Å². The predicted octanol–water partition coefficient (Wildman–Crippen LogP) is 1.61. The van der Waals surface area contributed by atoms with Crippen LogP contribution in [-0.2, 0) is 12.8 Å². The predicted molar refractivity (Wildman–Crippen MR) is 74.5 cm³/mol. The fourth-order valence-corrected chi connectivity index (χ4v) is 3.94. The van der Waals surface area contributed by atoms with Gasteiger partial charge < -0.3 is 10.6 Å². The van der Waals surface area contributed by atoms with Gasteiger partial charge in [0.15, 0.2) is 0 Å². The van der Waals surface area contributed by atoms with Gasteiger partial charge in [-0.1, -0.05) is 6.07 Å². The lowest BCUT2D eigenvalue weighted by atomic mass is 9.82. The molecule has 19 heavy (non-hydrogen) atoms. The first-order valence-electron chi connectivity index (χ1n) is 7.47. The Bertz CT molecular complexity index is 538. The van der Waals surface area contributed by atoms with Gasteiger partial charge in [-0.25, -0.2) is 0 Å². The standard InChI is InChI=1S/C16H20N2O/c19-16-14-6-11-4-2-1-3-10(11)5-13(14)15-9-17-7-12(15)8-18-16/h5-6,12,15,17H,1-4,7-9H2,(H,18,19)/t12-,15+/m1/s1. The van der Waals surface area contributed by atoms with Gasteiger partial charge in [-0.05, 0) is 54.4 Å². The second kappa shape index (κ2) is 4.34. The Hall–Kier alpha value is -1.35. The number of aryl methyl sites for hydroxylation is 2. The summed E-state index contributed by atoms with van der Waals surface area (Å²) in [5.41, 5.74) is 5.14.